The standard InChI is InChI=1S/C16H16F3NO4S/c1-9-8-14(11(3)24-9)10(2)20-15(21)12-4-6-13(7-5-12)25(22,23)16(17,18)19/h4-8,10H,1-3H3,(H,20,21). The van der Waals surface area contributed by atoms with Crippen LogP contribution in [-0.2, 0) is 9.84 Å². The minimum Gasteiger partial charge on any atom is -0.466 e. The number of aryl methyl sites for hydroxylation is 2. The number of hydrogen-bond donors (Lipinski definition) is 1. The Labute approximate surface area is 142 Å². The molecule has 0 spiro atoms. The molecule has 25 heavy (non-hydrogen) atoms. The molecular formula is C16H16F3NO4S. The molecule has 1 N–H and O–H groups in total. The summed E-state index contributed by atoms with van der Waals surface area (Å²) in [6.45, 7) is 5.25. The van der Waals surface area contributed by atoms with Gasteiger partial charge in [-0.15, -0.1) is 0 Å². The maximum atomic E-state index is 12.5. The molecule has 1 amide bonds. The Bertz CT molecular complexity index is 883. The lowest BCUT2D eigenvalue weighted by Gasteiger charge is -2.14. The second kappa shape index (κ2) is 6.55. The summed E-state index contributed by atoms with van der Waals surface area (Å²) in [5, 5.41) is 2.68. The molecule has 2 aromatic rings. The van der Waals surface area contributed by atoms with Crippen molar-refractivity contribution >= 4 is 15.7 Å². The van der Waals surface area contributed by atoms with Crippen LogP contribution in [0.25, 0.3) is 0 Å². The first-order valence-corrected chi connectivity index (χ1v) is 8.71. The number of furan rings is 1. The van der Waals surface area contributed by atoms with Crippen LogP contribution in [0.2, 0.25) is 0 Å². The molecule has 1 aromatic heterocycles. The van der Waals surface area contributed by atoms with Gasteiger partial charge in [-0.3, -0.25) is 4.79 Å². The smallest absolute Gasteiger partial charge is 0.466 e. The molecule has 0 bridgehead atoms. The van der Waals surface area contributed by atoms with E-state index in [0.717, 1.165) is 29.8 Å². The molecule has 1 unspecified atom stereocenters. The van der Waals surface area contributed by atoms with E-state index < -0.39 is 26.1 Å². The molecule has 0 saturated carbocycles. The lowest BCUT2D eigenvalue weighted by molar-refractivity contribution is -0.0436. The third-order valence-corrected chi connectivity index (χ3v) is 5.13. The number of nitrogens with one attached hydrogen (secondary N) is 1. The lowest BCUT2D eigenvalue weighted by atomic mass is 10.1. The minimum atomic E-state index is -5.43. The molecule has 2 rings (SSSR count). The second-order valence-corrected chi connectivity index (χ2v) is 7.48. The highest BCUT2D eigenvalue weighted by molar-refractivity contribution is 7.92. The van der Waals surface area contributed by atoms with Gasteiger partial charge in [-0.1, -0.05) is 0 Å². The average Bonchev–Trinajstić information content (AvgIpc) is 2.85. The summed E-state index contributed by atoms with van der Waals surface area (Å²) < 4.78 is 65.5. The molecule has 9 heteroatoms. The number of rotatable bonds is 4. The lowest BCUT2D eigenvalue weighted by Crippen LogP contribution is -2.27. The molecule has 5 nitrogen and oxygen atoms in total. The number of sulfone groups is 1. The molecule has 1 heterocycles. The summed E-state index contributed by atoms with van der Waals surface area (Å²) in [4.78, 5) is 11.3. The summed E-state index contributed by atoms with van der Waals surface area (Å²) in [6.07, 6.45) is 0. The van der Waals surface area contributed by atoms with Crippen LogP contribution in [0.1, 0.15) is 40.4 Å². The van der Waals surface area contributed by atoms with Crippen molar-refractivity contribution in [3.8, 4) is 0 Å². The number of alkyl halides is 3. The van der Waals surface area contributed by atoms with Crippen LogP contribution < -0.4 is 5.32 Å². The first-order valence-electron chi connectivity index (χ1n) is 7.22. The van der Waals surface area contributed by atoms with Gasteiger partial charge in [-0.2, -0.15) is 13.2 Å². The molecule has 0 fully saturated rings. The van der Waals surface area contributed by atoms with Crippen molar-refractivity contribution < 1.29 is 30.8 Å². The predicted octanol–water partition coefficient (Wildman–Crippen LogP) is 3.68. The second-order valence-electron chi connectivity index (χ2n) is 5.54. The largest absolute Gasteiger partial charge is 0.501 e. The fraction of sp³-hybridized carbons (Fsp3) is 0.312. The van der Waals surface area contributed by atoms with Gasteiger partial charge in [-0.05, 0) is 51.1 Å². The molecule has 1 aromatic carbocycles. The van der Waals surface area contributed by atoms with E-state index in [0.29, 0.717) is 11.5 Å². The van der Waals surface area contributed by atoms with Crippen molar-refractivity contribution in [2.45, 2.75) is 37.2 Å². The first-order chi connectivity index (χ1) is 11.4. The van der Waals surface area contributed by atoms with E-state index in [-0.39, 0.29) is 11.6 Å². The maximum Gasteiger partial charge on any atom is 0.501 e. The molecule has 0 aliphatic carbocycles. The van der Waals surface area contributed by atoms with E-state index in [1.165, 1.54) is 0 Å². The zero-order valence-electron chi connectivity index (χ0n) is 13.6. The molecule has 136 valence electrons. The summed E-state index contributed by atoms with van der Waals surface area (Å²) in [5.74, 6) is 0.800. The Morgan fingerprint density at radius 3 is 2.16 bits per heavy atom. The topological polar surface area (TPSA) is 76.4 Å². The van der Waals surface area contributed by atoms with Crippen LogP contribution >= 0.6 is 0 Å². The van der Waals surface area contributed by atoms with E-state index in [9.17, 15) is 26.4 Å². The quantitative estimate of drug-likeness (QED) is 0.884. The summed E-state index contributed by atoms with van der Waals surface area (Å²) >= 11 is 0. The molecule has 1 atom stereocenters. The third kappa shape index (κ3) is 3.87. The van der Waals surface area contributed by atoms with E-state index in [2.05, 4.69) is 5.32 Å². The van der Waals surface area contributed by atoms with Crippen molar-refractivity contribution in [2.75, 3.05) is 0 Å². The summed E-state index contributed by atoms with van der Waals surface area (Å²) in [5.41, 5.74) is -4.56. The van der Waals surface area contributed by atoms with Crippen LogP contribution in [0.4, 0.5) is 13.2 Å². The number of halogens is 3. The van der Waals surface area contributed by atoms with E-state index in [1.54, 1.807) is 26.8 Å². The Kier molecular flexibility index (Phi) is 4.99. The van der Waals surface area contributed by atoms with Gasteiger partial charge in [0, 0.05) is 11.1 Å². The first kappa shape index (κ1) is 19.0. The molecule has 0 aliphatic rings. The Hall–Kier alpha value is -2.29. The van der Waals surface area contributed by atoms with Crippen LogP contribution in [0.15, 0.2) is 39.6 Å². The number of amides is 1. The zero-order valence-corrected chi connectivity index (χ0v) is 14.5. The van der Waals surface area contributed by atoms with Gasteiger partial charge in [0.25, 0.3) is 15.7 Å². The highest BCUT2D eigenvalue weighted by Crippen LogP contribution is 2.30. The van der Waals surface area contributed by atoms with E-state index >= 15 is 0 Å². The number of hydrogen-bond acceptors (Lipinski definition) is 4. The molecule has 0 aliphatic heterocycles. The van der Waals surface area contributed by atoms with Gasteiger partial charge in [0.05, 0.1) is 10.9 Å². The van der Waals surface area contributed by atoms with Gasteiger partial charge in [0.2, 0.25) is 0 Å². The maximum absolute atomic E-state index is 12.5. The predicted molar refractivity (Wildman–Crippen MR) is 83.7 cm³/mol. The Morgan fingerprint density at radius 1 is 1.16 bits per heavy atom. The van der Waals surface area contributed by atoms with Gasteiger partial charge in [-0.25, -0.2) is 8.42 Å². The monoisotopic (exact) mass is 375 g/mol. The van der Waals surface area contributed by atoms with Crippen molar-refractivity contribution in [1.29, 1.82) is 0 Å². The number of carbonyl (C=O) groups excluding carboxylic acids is 1. The molecule has 0 radical (unpaired) electrons. The fourth-order valence-electron chi connectivity index (χ4n) is 2.36. The van der Waals surface area contributed by atoms with Crippen LogP contribution in [0, 0.1) is 13.8 Å². The van der Waals surface area contributed by atoms with Gasteiger partial charge in [0.1, 0.15) is 11.5 Å². The van der Waals surface area contributed by atoms with Crippen LogP contribution in [0.3, 0.4) is 0 Å². The van der Waals surface area contributed by atoms with Crippen molar-refractivity contribution in [3.63, 3.8) is 0 Å². The normalized spacial score (nSPS) is 13.5. The van der Waals surface area contributed by atoms with E-state index in [1.807, 2.05) is 0 Å². The Balaban J connectivity index is 2.17. The third-order valence-electron chi connectivity index (χ3n) is 3.62. The van der Waals surface area contributed by atoms with E-state index in [4.69, 9.17) is 4.42 Å². The van der Waals surface area contributed by atoms with Crippen molar-refractivity contribution in [1.82, 2.24) is 5.32 Å². The average molecular weight is 375 g/mol. The Morgan fingerprint density at radius 2 is 1.72 bits per heavy atom. The zero-order chi connectivity index (χ0) is 19.0. The SMILES string of the molecule is Cc1cc(C(C)NC(=O)c2ccc(S(=O)(=O)C(F)(F)F)cc2)c(C)o1. The summed E-state index contributed by atoms with van der Waals surface area (Å²) in [6, 6.07) is 4.98. The summed E-state index contributed by atoms with van der Waals surface area (Å²) in [7, 11) is -5.43. The van der Waals surface area contributed by atoms with Gasteiger partial charge < -0.3 is 9.73 Å². The van der Waals surface area contributed by atoms with Gasteiger partial charge >= 0.3 is 5.51 Å². The highest BCUT2D eigenvalue weighted by atomic mass is 32.2. The van der Waals surface area contributed by atoms with Crippen LogP contribution in [-0.4, -0.2) is 19.8 Å². The number of carbonyl (C=O) groups is 1. The van der Waals surface area contributed by atoms with Crippen molar-refractivity contribution in [2.24, 2.45) is 0 Å². The molecular weight excluding hydrogens is 359 g/mol. The highest BCUT2D eigenvalue weighted by Gasteiger charge is 2.46. The van der Waals surface area contributed by atoms with Crippen LogP contribution in [0.5, 0.6) is 0 Å². The minimum absolute atomic E-state index is 0.0471. The molecule has 0 saturated heterocycles. The van der Waals surface area contributed by atoms with Crippen molar-refractivity contribution in [3.05, 3.63) is 53.0 Å². The number of benzene rings is 1. The fourth-order valence-corrected chi connectivity index (χ4v) is 3.12. The van der Waals surface area contributed by atoms with Gasteiger partial charge in [0.15, 0.2) is 0 Å².